The first-order valence-electron chi connectivity index (χ1n) is 10.4. The van der Waals surface area contributed by atoms with Gasteiger partial charge in [-0.05, 0) is 30.5 Å². The van der Waals surface area contributed by atoms with E-state index in [1.807, 2.05) is 14.1 Å². The number of esters is 2. The normalized spacial score (nSPS) is 20.8. The average Bonchev–Trinajstić information content (AvgIpc) is 2.94. The Hall–Kier alpha value is -1.98. The second kappa shape index (κ2) is 9.88. The van der Waals surface area contributed by atoms with Gasteiger partial charge in [-0.1, -0.05) is 31.9 Å². The molecular formula is C21H30F3N2O5S+. The molecule has 11 heteroatoms. The van der Waals surface area contributed by atoms with Crippen LogP contribution in [0.25, 0.3) is 0 Å². The molecule has 7 nitrogen and oxygen atoms in total. The molecule has 0 aromatic heterocycles. The Bertz CT molecular complexity index is 930. The van der Waals surface area contributed by atoms with Crippen molar-refractivity contribution in [1.82, 2.24) is 4.72 Å². The first-order chi connectivity index (χ1) is 14.7. The third-order valence-corrected chi connectivity index (χ3v) is 7.10. The highest BCUT2D eigenvalue weighted by molar-refractivity contribution is 7.89. The molecule has 0 aliphatic carbocycles. The molecule has 1 unspecified atom stereocenters. The predicted molar refractivity (Wildman–Crippen MR) is 111 cm³/mol. The molecule has 1 saturated heterocycles. The number of rotatable bonds is 9. The number of quaternary nitrogens is 1. The van der Waals surface area contributed by atoms with Gasteiger partial charge in [0, 0.05) is 6.42 Å². The highest BCUT2D eigenvalue weighted by Crippen LogP contribution is 2.31. The molecule has 0 spiro atoms. The highest BCUT2D eigenvalue weighted by Gasteiger charge is 2.50. The SMILES string of the molecule is CCCCCc1ccc(S(=O)(=O)NC2(CC(=O)OC(=O)C(F)(F)F)CC[N+](C)(C)C2)cc1. The third-order valence-electron chi connectivity index (χ3n) is 5.50. The second-order valence-corrected chi connectivity index (χ2v) is 10.7. The van der Waals surface area contributed by atoms with Crippen LogP contribution in [0, 0.1) is 0 Å². The summed E-state index contributed by atoms with van der Waals surface area (Å²) in [5.74, 6) is -4.05. The molecule has 1 atom stereocenters. The number of unbranched alkanes of at least 4 members (excludes halogenated alkanes) is 2. The van der Waals surface area contributed by atoms with Crippen molar-refractivity contribution in [3.63, 3.8) is 0 Å². The van der Waals surface area contributed by atoms with E-state index >= 15 is 0 Å². The van der Waals surface area contributed by atoms with Gasteiger partial charge in [0.15, 0.2) is 0 Å². The summed E-state index contributed by atoms with van der Waals surface area (Å²) in [6.07, 6.45) is -1.83. The van der Waals surface area contributed by atoms with Gasteiger partial charge in [0.05, 0.1) is 44.0 Å². The van der Waals surface area contributed by atoms with E-state index in [4.69, 9.17) is 0 Å². The molecule has 0 bridgehead atoms. The molecule has 0 amide bonds. The number of sulfonamides is 1. The number of likely N-dealkylation sites (tertiary alicyclic amines) is 1. The smallest absolute Gasteiger partial charge is 0.386 e. The lowest BCUT2D eigenvalue weighted by atomic mass is 9.96. The van der Waals surface area contributed by atoms with Crippen LogP contribution >= 0.6 is 0 Å². The molecule has 1 aromatic carbocycles. The maximum absolute atomic E-state index is 13.0. The lowest BCUT2D eigenvalue weighted by Gasteiger charge is -2.30. The van der Waals surface area contributed by atoms with Gasteiger partial charge in [0.25, 0.3) is 0 Å². The van der Waals surface area contributed by atoms with Gasteiger partial charge < -0.3 is 9.22 Å². The number of alkyl halides is 3. The number of ether oxygens (including phenoxy) is 1. The van der Waals surface area contributed by atoms with Crippen LogP contribution in [0.1, 0.15) is 44.6 Å². The van der Waals surface area contributed by atoms with Crippen LogP contribution in [-0.4, -0.2) is 63.7 Å². The zero-order valence-corrected chi connectivity index (χ0v) is 19.3. The summed E-state index contributed by atoms with van der Waals surface area (Å²) >= 11 is 0. The number of halogens is 3. The lowest BCUT2D eigenvalue weighted by molar-refractivity contribution is -0.879. The minimum atomic E-state index is -5.31. The van der Waals surface area contributed by atoms with Crippen LogP contribution in [0.4, 0.5) is 13.2 Å². The zero-order chi connectivity index (χ0) is 24.2. The number of nitrogens with one attached hydrogen (secondary N) is 1. The molecule has 1 aliphatic rings. The minimum Gasteiger partial charge on any atom is -0.386 e. The average molecular weight is 480 g/mol. The number of hydrogen-bond donors (Lipinski definition) is 1. The van der Waals surface area contributed by atoms with Crippen molar-refractivity contribution in [3.05, 3.63) is 29.8 Å². The van der Waals surface area contributed by atoms with Crippen molar-refractivity contribution in [2.75, 3.05) is 27.2 Å². The van der Waals surface area contributed by atoms with Crippen LogP contribution in [-0.2, 0) is 30.8 Å². The standard InChI is InChI=1S/C21H30F3N2O5S/c1-4-5-6-7-16-8-10-17(11-9-16)32(29,30)25-20(12-13-26(2,3)15-20)14-18(27)31-19(28)21(22,23)24/h8-11,25H,4-7,12-15H2,1-3H3/q+1. The fraction of sp³-hybridized carbons (Fsp3) is 0.619. The van der Waals surface area contributed by atoms with Gasteiger partial charge in [0.1, 0.15) is 0 Å². The van der Waals surface area contributed by atoms with Crippen LogP contribution in [0.15, 0.2) is 29.2 Å². The van der Waals surface area contributed by atoms with Crippen LogP contribution in [0.5, 0.6) is 0 Å². The number of likely N-dealkylation sites (N-methyl/N-ethyl adjacent to an activating group) is 1. The first kappa shape index (κ1) is 26.3. The number of benzene rings is 1. The van der Waals surface area contributed by atoms with E-state index < -0.39 is 40.1 Å². The summed E-state index contributed by atoms with van der Waals surface area (Å²) in [7, 11) is -0.446. The minimum absolute atomic E-state index is 0.00643. The van der Waals surface area contributed by atoms with Crippen LogP contribution in [0.2, 0.25) is 0 Å². The summed E-state index contributed by atoms with van der Waals surface area (Å²) < 4.78 is 70.1. The number of hydrogen-bond acceptors (Lipinski definition) is 5. The zero-order valence-electron chi connectivity index (χ0n) is 18.5. The van der Waals surface area contributed by atoms with Crippen LogP contribution in [0.3, 0.4) is 0 Å². The molecular weight excluding hydrogens is 449 g/mol. The maximum Gasteiger partial charge on any atom is 0.491 e. The summed E-state index contributed by atoms with van der Waals surface area (Å²) in [4.78, 5) is 23.1. The molecule has 1 aliphatic heterocycles. The molecule has 1 fully saturated rings. The fourth-order valence-corrected chi connectivity index (χ4v) is 5.41. The maximum atomic E-state index is 13.0. The molecule has 32 heavy (non-hydrogen) atoms. The Kier molecular flexibility index (Phi) is 8.11. The number of nitrogens with zero attached hydrogens (tertiary/aromatic N) is 1. The highest BCUT2D eigenvalue weighted by atomic mass is 32.2. The molecule has 1 heterocycles. The summed E-state index contributed by atoms with van der Waals surface area (Å²) in [5, 5.41) is 0. The predicted octanol–water partition coefficient (Wildman–Crippen LogP) is 2.94. The van der Waals surface area contributed by atoms with E-state index in [1.165, 1.54) is 12.1 Å². The molecule has 0 saturated carbocycles. The molecule has 180 valence electrons. The Morgan fingerprint density at radius 1 is 1.16 bits per heavy atom. The quantitative estimate of drug-likeness (QED) is 0.255. The summed E-state index contributed by atoms with van der Waals surface area (Å²) in [6.45, 7) is 2.73. The number of aryl methyl sites for hydroxylation is 1. The Morgan fingerprint density at radius 3 is 2.28 bits per heavy atom. The molecule has 1 N–H and O–H groups in total. The molecule has 2 rings (SSSR count). The Morgan fingerprint density at radius 2 is 1.78 bits per heavy atom. The lowest BCUT2D eigenvalue weighted by Crippen LogP contribution is -2.54. The molecule has 0 radical (unpaired) electrons. The number of carbonyl (C=O) groups is 2. The van der Waals surface area contributed by atoms with Crippen molar-refractivity contribution in [2.45, 2.75) is 62.1 Å². The fourth-order valence-electron chi connectivity index (χ4n) is 3.99. The van der Waals surface area contributed by atoms with E-state index in [2.05, 4.69) is 16.4 Å². The van der Waals surface area contributed by atoms with Crippen molar-refractivity contribution in [2.24, 2.45) is 0 Å². The Balaban J connectivity index is 2.19. The summed E-state index contributed by atoms with van der Waals surface area (Å²) in [6, 6.07) is 6.39. The van der Waals surface area contributed by atoms with Gasteiger partial charge in [-0.2, -0.15) is 17.9 Å². The molecule has 1 aromatic rings. The first-order valence-corrected chi connectivity index (χ1v) is 11.9. The largest absolute Gasteiger partial charge is 0.491 e. The van der Waals surface area contributed by atoms with Gasteiger partial charge in [-0.15, -0.1) is 0 Å². The monoisotopic (exact) mass is 479 g/mol. The third kappa shape index (κ3) is 7.28. The van der Waals surface area contributed by atoms with Gasteiger partial charge in [0.2, 0.25) is 10.0 Å². The summed E-state index contributed by atoms with van der Waals surface area (Å²) in [5.41, 5.74) is -0.370. The van der Waals surface area contributed by atoms with Crippen molar-refractivity contribution in [3.8, 4) is 0 Å². The van der Waals surface area contributed by atoms with Crippen molar-refractivity contribution >= 4 is 22.0 Å². The van der Waals surface area contributed by atoms with Gasteiger partial charge in [-0.25, -0.2) is 13.2 Å². The van der Waals surface area contributed by atoms with E-state index in [9.17, 15) is 31.2 Å². The van der Waals surface area contributed by atoms with Crippen molar-refractivity contribution in [1.29, 1.82) is 0 Å². The van der Waals surface area contributed by atoms with Gasteiger partial charge in [-0.3, -0.25) is 4.79 Å². The van der Waals surface area contributed by atoms with Gasteiger partial charge >= 0.3 is 18.1 Å². The van der Waals surface area contributed by atoms with E-state index in [0.29, 0.717) is 11.0 Å². The van der Waals surface area contributed by atoms with E-state index in [0.717, 1.165) is 31.2 Å². The van der Waals surface area contributed by atoms with E-state index in [1.54, 1.807) is 12.1 Å². The Labute approximate surface area is 186 Å². The topological polar surface area (TPSA) is 89.5 Å². The second-order valence-electron chi connectivity index (χ2n) is 8.99. The number of carbonyl (C=O) groups excluding carboxylic acids is 2. The van der Waals surface area contributed by atoms with Crippen LogP contribution < -0.4 is 4.72 Å². The van der Waals surface area contributed by atoms with Crippen molar-refractivity contribution < 1.29 is 40.4 Å². The van der Waals surface area contributed by atoms with E-state index in [-0.39, 0.29) is 17.9 Å².